The second kappa shape index (κ2) is 12.3. The molecule has 8 N–H and O–H groups in total. The number of rotatable bonds is 13. The van der Waals surface area contributed by atoms with Crippen LogP contribution in [0.1, 0.15) is 22.3 Å². The van der Waals surface area contributed by atoms with Crippen molar-refractivity contribution in [2.45, 2.75) is 38.4 Å². The number of aliphatic carboxylic acids is 1. The molecule has 0 aliphatic rings. The molecule has 0 heterocycles. The number of nitrogens with zero attached hydrogens (tertiary/aromatic N) is 1. The molecule has 0 amide bonds. The lowest BCUT2D eigenvalue weighted by Gasteiger charge is -2.35. The Bertz CT molecular complexity index is 892. The van der Waals surface area contributed by atoms with E-state index < -0.39 is 37.8 Å². The summed E-state index contributed by atoms with van der Waals surface area (Å²) in [6.07, 6.45) is 0. The Balaban J connectivity index is 2.25. The molecule has 2 unspecified atom stereocenters. The van der Waals surface area contributed by atoms with Crippen LogP contribution in [0.4, 0.5) is 0 Å². The molecule has 176 valence electrons. The SMILES string of the molecule is O=C(O)CN(Cc1cccc(CO)c1O)C(CO)C(CO)NCc1cccc(CO)c1O. The van der Waals surface area contributed by atoms with Gasteiger partial charge in [0.2, 0.25) is 0 Å². The molecule has 0 spiro atoms. The van der Waals surface area contributed by atoms with Crippen molar-refractivity contribution in [2.24, 2.45) is 0 Å². The lowest BCUT2D eigenvalue weighted by atomic mass is 10.0. The van der Waals surface area contributed by atoms with Crippen LogP contribution in [0.2, 0.25) is 0 Å². The first-order chi connectivity index (χ1) is 15.4. The van der Waals surface area contributed by atoms with Gasteiger partial charge in [0.05, 0.1) is 39.0 Å². The molecule has 10 heteroatoms. The summed E-state index contributed by atoms with van der Waals surface area (Å²) in [5.74, 6) is -1.42. The zero-order chi connectivity index (χ0) is 23.7. The van der Waals surface area contributed by atoms with Gasteiger partial charge in [-0.05, 0) is 0 Å². The third kappa shape index (κ3) is 6.39. The Morgan fingerprint density at radius 1 is 0.844 bits per heavy atom. The van der Waals surface area contributed by atoms with Crippen molar-refractivity contribution in [1.29, 1.82) is 0 Å². The van der Waals surface area contributed by atoms with Gasteiger partial charge in [-0.2, -0.15) is 0 Å². The van der Waals surface area contributed by atoms with Crippen molar-refractivity contribution in [1.82, 2.24) is 10.2 Å². The standard InChI is InChI=1S/C22H30N2O8/c25-10-16-5-1-3-14(21(16)31)7-23-18(12-27)19(13-28)24(9-20(29)30)8-15-4-2-6-17(11-26)22(15)32/h1-6,18-19,23,25-28,31-32H,7-13H2,(H,29,30). The van der Waals surface area contributed by atoms with E-state index >= 15 is 0 Å². The van der Waals surface area contributed by atoms with E-state index in [2.05, 4.69) is 5.32 Å². The highest BCUT2D eigenvalue weighted by atomic mass is 16.4. The summed E-state index contributed by atoms with van der Waals surface area (Å²) in [6.45, 7) is -2.10. The van der Waals surface area contributed by atoms with Gasteiger partial charge < -0.3 is 41.1 Å². The van der Waals surface area contributed by atoms with Gasteiger partial charge in [-0.25, -0.2) is 0 Å². The highest BCUT2D eigenvalue weighted by Crippen LogP contribution is 2.26. The van der Waals surface area contributed by atoms with Crippen molar-refractivity contribution in [3.05, 3.63) is 58.7 Å². The first-order valence-corrected chi connectivity index (χ1v) is 10.1. The Kier molecular flexibility index (Phi) is 9.85. The largest absolute Gasteiger partial charge is 0.507 e. The smallest absolute Gasteiger partial charge is 0.317 e. The van der Waals surface area contributed by atoms with Crippen LogP contribution >= 0.6 is 0 Å². The molecule has 0 saturated heterocycles. The van der Waals surface area contributed by atoms with E-state index in [9.17, 15) is 40.5 Å². The third-order valence-corrected chi connectivity index (χ3v) is 5.33. The van der Waals surface area contributed by atoms with E-state index in [0.717, 1.165) is 0 Å². The van der Waals surface area contributed by atoms with Gasteiger partial charge in [-0.1, -0.05) is 36.4 Å². The molecule has 0 aliphatic heterocycles. The fourth-order valence-corrected chi connectivity index (χ4v) is 3.56. The first kappa shape index (κ1) is 25.5. The summed E-state index contributed by atoms with van der Waals surface area (Å²) < 4.78 is 0. The molecule has 0 aliphatic carbocycles. The van der Waals surface area contributed by atoms with Crippen molar-refractivity contribution < 1.29 is 40.5 Å². The molecular weight excluding hydrogens is 420 g/mol. The molecule has 0 saturated carbocycles. The van der Waals surface area contributed by atoms with E-state index in [-0.39, 0.29) is 43.4 Å². The predicted octanol–water partition coefficient (Wildman–Crippen LogP) is -0.519. The number of aliphatic hydroxyl groups excluding tert-OH is 4. The number of phenols is 2. The van der Waals surface area contributed by atoms with Crippen LogP contribution in [0.25, 0.3) is 0 Å². The molecule has 10 nitrogen and oxygen atoms in total. The van der Waals surface area contributed by atoms with Crippen LogP contribution in [0.3, 0.4) is 0 Å². The van der Waals surface area contributed by atoms with Gasteiger partial charge >= 0.3 is 5.97 Å². The van der Waals surface area contributed by atoms with E-state index in [0.29, 0.717) is 16.7 Å². The highest BCUT2D eigenvalue weighted by Gasteiger charge is 2.29. The number of carboxylic acids is 1. The van der Waals surface area contributed by atoms with Gasteiger partial charge in [-0.15, -0.1) is 0 Å². The van der Waals surface area contributed by atoms with Crippen LogP contribution in [0, 0.1) is 0 Å². The first-order valence-electron chi connectivity index (χ1n) is 10.1. The van der Waals surface area contributed by atoms with Crippen LogP contribution in [0.5, 0.6) is 11.5 Å². The molecule has 0 radical (unpaired) electrons. The maximum absolute atomic E-state index is 11.5. The molecule has 0 fully saturated rings. The normalized spacial score (nSPS) is 13.3. The molecule has 2 aromatic rings. The van der Waals surface area contributed by atoms with Crippen LogP contribution in [-0.4, -0.2) is 78.5 Å². The number of aliphatic hydroxyl groups is 4. The van der Waals surface area contributed by atoms with Crippen molar-refractivity contribution in [3.63, 3.8) is 0 Å². The lowest BCUT2D eigenvalue weighted by molar-refractivity contribution is -0.139. The molecular formula is C22H30N2O8. The fourth-order valence-electron chi connectivity index (χ4n) is 3.56. The molecule has 2 rings (SSSR count). The van der Waals surface area contributed by atoms with Gasteiger partial charge in [-0.3, -0.25) is 9.69 Å². The highest BCUT2D eigenvalue weighted by molar-refractivity contribution is 5.69. The number of nitrogens with one attached hydrogen (secondary N) is 1. The summed E-state index contributed by atoms with van der Waals surface area (Å²) in [7, 11) is 0. The number of carbonyl (C=O) groups is 1. The summed E-state index contributed by atoms with van der Waals surface area (Å²) in [5, 5.41) is 71.6. The molecule has 0 bridgehead atoms. The summed E-state index contributed by atoms with van der Waals surface area (Å²) >= 11 is 0. The second-order valence-electron chi connectivity index (χ2n) is 7.38. The van der Waals surface area contributed by atoms with E-state index in [1.54, 1.807) is 30.3 Å². The van der Waals surface area contributed by atoms with E-state index in [1.165, 1.54) is 11.0 Å². The number of para-hydroxylation sites is 2. The number of hydrogen-bond donors (Lipinski definition) is 8. The van der Waals surface area contributed by atoms with Crippen molar-refractivity contribution in [2.75, 3.05) is 19.8 Å². The summed E-state index contributed by atoms with van der Waals surface area (Å²) in [6, 6.07) is 7.97. The monoisotopic (exact) mass is 450 g/mol. The predicted molar refractivity (Wildman–Crippen MR) is 115 cm³/mol. The average Bonchev–Trinajstić information content (AvgIpc) is 2.78. The average molecular weight is 450 g/mol. The maximum atomic E-state index is 11.5. The minimum atomic E-state index is -1.16. The fraction of sp³-hybridized carbons (Fsp3) is 0.409. The minimum Gasteiger partial charge on any atom is -0.507 e. The van der Waals surface area contributed by atoms with Gasteiger partial charge in [0.15, 0.2) is 0 Å². The lowest BCUT2D eigenvalue weighted by Crippen LogP contribution is -2.54. The maximum Gasteiger partial charge on any atom is 0.317 e. The Morgan fingerprint density at radius 3 is 1.88 bits per heavy atom. The second-order valence-corrected chi connectivity index (χ2v) is 7.38. The van der Waals surface area contributed by atoms with Gasteiger partial charge in [0.1, 0.15) is 11.5 Å². The zero-order valence-corrected chi connectivity index (χ0v) is 17.6. The molecule has 0 aromatic heterocycles. The number of carboxylic acid groups (broad SMARTS) is 1. The zero-order valence-electron chi connectivity index (χ0n) is 17.6. The third-order valence-electron chi connectivity index (χ3n) is 5.33. The number of hydrogen-bond acceptors (Lipinski definition) is 9. The topological polar surface area (TPSA) is 174 Å². The minimum absolute atomic E-state index is 0.0549. The quantitative estimate of drug-likeness (QED) is 0.198. The van der Waals surface area contributed by atoms with E-state index in [1.807, 2.05) is 0 Å². The van der Waals surface area contributed by atoms with Gasteiger partial charge in [0.25, 0.3) is 0 Å². The summed E-state index contributed by atoms with van der Waals surface area (Å²) in [4.78, 5) is 12.9. The number of aromatic hydroxyl groups is 2. The molecule has 2 atom stereocenters. The van der Waals surface area contributed by atoms with Crippen LogP contribution in [0.15, 0.2) is 36.4 Å². The Morgan fingerprint density at radius 2 is 1.38 bits per heavy atom. The Labute approximate surface area is 185 Å². The number of benzene rings is 2. The van der Waals surface area contributed by atoms with Crippen molar-refractivity contribution in [3.8, 4) is 11.5 Å². The molecule has 2 aromatic carbocycles. The van der Waals surface area contributed by atoms with Crippen LogP contribution in [-0.2, 0) is 31.1 Å². The van der Waals surface area contributed by atoms with E-state index in [4.69, 9.17) is 0 Å². The van der Waals surface area contributed by atoms with Crippen LogP contribution < -0.4 is 5.32 Å². The molecule has 32 heavy (non-hydrogen) atoms. The Hall–Kier alpha value is -2.73. The van der Waals surface area contributed by atoms with Crippen molar-refractivity contribution >= 4 is 5.97 Å². The summed E-state index contributed by atoms with van der Waals surface area (Å²) in [5.41, 5.74) is 1.45. The van der Waals surface area contributed by atoms with Gasteiger partial charge in [0, 0.05) is 41.4 Å².